The van der Waals surface area contributed by atoms with E-state index in [-0.39, 0.29) is 18.0 Å². The first-order chi connectivity index (χ1) is 16.9. The molecule has 1 amide bonds. The normalized spacial score (nSPS) is 12.2. The van der Waals surface area contributed by atoms with E-state index in [0.717, 1.165) is 30.8 Å². The van der Waals surface area contributed by atoms with Gasteiger partial charge in [0.1, 0.15) is 9.88 Å². The summed E-state index contributed by atoms with van der Waals surface area (Å²) in [5, 5.41) is 2.47. The summed E-state index contributed by atoms with van der Waals surface area (Å²) < 4.78 is 79.9. The van der Waals surface area contributed by atoms with E-state index in [0.29, 0.717) is 29.0 Å². The third kappa shape index (κ3) is 6.85. The fourth-order valence-electron chi connectivity index (χ4n) is 3.64. The molecule has 0 fully saturated rings. The second kappa shape index (κ2) is 11.4. The van der Waals surface area contributed by atoms with Crippen LogP contribution >= 0.6 is 11.3 Å². The average molecular weight is 530 g/mol. The van der Waals surface area contributed by atoms with Crippen LogP contribution in [0, 0.1) is 0 Å². The van der Waals surface area contributed by atoms with Crippen LogP contribution in [0.25, 0.3) is 10.6 Å². The van der Waals surface area contributed by atoms with Gasteiger partial charge in [-0.15, -0.1) is 11.3 Å². The fraction of sp³-hybridized carbons (Fsp3) is 0.360. The van der Waals surface area contributed by atoms with E-state index in [2.05, 4.69) is 15.2 Å². The first-order valence-electron chi connectivity index (χ1n) is 11.3. The topological polar surface area (TPSA) is 45.2 Å². The number of aromatic nitrogens is 1. The van der Waals surface area contributed by atoms with Gasteiger partial charge in [0.05, 0.1) is 5.56 Å². The van der Waals surface area contributed by atoms with E-state index in [1.807, 2.05) is 19.9 Å². The zero-order valence-corrected chi connectivity index (χ0v) is 20.4. The van der Waals surface area contributed by atoms with Crippen molar-refractivity contribution in [3.05, 3.63) is 75.8 Å². The number of amides is 1. The Hall–Kier alpha value is -2.92. The number of hydrogen-bond acceptors (Lipinski definition) is 4. The van der Waals surface area contributed by atoms with Gasteiger partial charge in [-0.2, -0.15) is 26.3 Å². The Labute approximate surface area is 209 Å². The summed E-state index contributed by atoms with van der Waals surface area (Å²) in [6.45, 7) is 5.87. The van der Waals surface area contributed by atoms with Crippen LogP contribution in [0.5, 0.6) is 0 Å². The first kappa shape index (κ1) is 27.7. The van der Waals surface area contributed by atoms with Crippen LogP contribution in [0.4, 0.5) is 26.3 Å². The summed E-state index contributed by atoms with van der Waals surface area (Å²) in [4.78, 5) is 18.0. The maximum Gasteiger partial charge on any atom is 0.435 e. The lowest BCUT2D eigenvalue weighted by molar-refractivity contribution is -0.141. The Morgan fingerprint density at radius 3 is 2.31 bits per heavy atom. The maximum absolute atomic E-state index is 13.8. The third-order valence-corrected chi connectivity index (χ3v) is 6.68. The van der Waals surface area contributed by atoms with Crippen molar-refractivity contribution in [2.75, 3.05) is 19.6 Å². The minimum atomic E-state index is -4.85. The molecule has 0 radical (unpaired) electrons. The van der Waals surface area contributed by atoms with Crippen LogP contribution in [0.2, 0.25) is 0 Å². The zero-order chi connectivity index (χ0) is 26.5. The van der Waals surface area contributed by atoms with Crippen molar-refractivity contribution in [1.29, 1.82) is 0 Å². The lowest BCUT2D eigenvalue weighted by Crippen LogP contribution is -2.27. The standard InChI is InChI=1S/C25H25F6N3OS/c1-3-34(4-2)15-17-9-5-6-11-19(17)23-33-21(25(29,30)31)20(36-23)22(35)32-13-12-16-8-7-10-18(14-16)24(26,27)28/h5-11,14H,3-4,12-13,15H2,1-2H3,(H,32,35). The molecule has 0 aliphatic heterocycles. The Kier molecular flexibility index (Phi) is 8.78. The third-order valence-electron chi connectivity index (χ3n) is 5.59. The molecule has 0 bridgehead atoms. The molecule has 0 saturated carbocycles. The number of alkyl halides is 6. The van der Waals surface area contributed by atoms with Gasteiger partial charge in [0.15, 0.2) is 5.69 Å². The number of thiazole rings is 1. The number of nitrogens with zero attached hydrogens (tertiary/aromatic N) is 2. The molecular formula is C25H25F6N3OS. The van der Waals surface area contributed by atoms with Crippen LogP contribution in [0.3, 0.4) is 0 Å². The SMILES string of the molecule is CCN(CC)Cc1ccccc1-c1nc(C(F)(F)F)c(C(=O)NCCc2cccc(C(F)(F)F)c2)s1. The molecule has 0 unspecified atom stereocenters. The second-order valence-corrected chi connectivity index (χ2v) is 9.02. The highest BCUT2D eigenvalue weighted by molar-refractivity contribution is 7.17. The Morgan fingerprint density at radius 1 is 0.972 bits per heavy atom. The molecule has 2 aromatic carbocycles. The van der Waals surface area contributed by atoms with E-state index in [1.54, 1.807) is 18.2 Å². The summed E-state index contributed by atoms with van der Waals surface area (Å²) in [6, 6.07) is 11.6. The number of hydrogen-bond donors (Lipinski definition) is 1. The molecule has 1 N–H and O–H groups in total. The highest BCUT2D eigenvalue weighted by Crippen LogP contribution is 2.39. The molecule has 0 aliphatic rings. The molecule has 1 aromatic heterocycles. The smallest absolute Gasteiger partial charge is 0.351 e. The minimum Gasteiger partial charge on any atom is -0.351 e. The number of carbonyl (C=O) groups is 1. The molecule has 1 heterocycles. The summed E-state index contributed by atoms with van der Waals surface area (Å²) in [6.07, 6.45) is -9.34. The van der Waals surface area contributed by atoms with E-state index < -0.39 is 34.4 Å². The molecule has 3 aromatic rings. The average Bonchev–Trinajstić information content (AvgIpc) is 3.29. The van der Waals surface area contributed by atoms with E-state index in [9.17, 15) is 31.1 Å². The molecule has 11 heteroatoms. The Morgan fingerprint density at radius 2 is 1.67 bits per heavy atom. The highest BCUT2D eigenvalue weighted by atomic mass is 32.1. The van der Waals surface area contributed by atoms with Crippen molar-refractivity contribution in [2.45, 2.75) is 39.2 Å². The summed E-state index contributed by atoms with van der Waals surface area (Å²) >= 11 is 0.646. The quantitative estimate of drug-likeness (QED) is 0.315. The summed E-state index contributed by atoms with van der Waals surface area (Å²) in [5.41, 5.74) is -0.502. The van der Waals surface area contributed by atoms with Crippen LogP contribution < -0.4 is 5.32 Å². The van der Waals surface area contributed by atoms with Gasteiger partial charge in [0.2, 0.25) is 0 Å². The number of benzene rings is 2. The number of rotatable bonds is 9. The molecule has 0 spiro atoms. The van der Waals surface area contributed by atoms with Gasteiger partial charge in [-0.25, -0.2) is 4.98 Å². The molecular weight excluding hydrogens is 504 g/mol. The van der Waals surface area contributed by atoms with Crippen molar-refractivity contribution in [3.63, 3.8) is 0 Å². The van der Waals surface area contributed by atoms with Crippen LogP contribution in [0.1, 0.15) is 45.9 Å². The second-order valence-electron chi connectivity index (χ2n) is 8.02. The van der Waals surface area contributed by atoms with Crippen molar-refractivity contribution >= 4 is 17.2 Å². The fourth-order valence-corrected chi connectivity index (χ4v) is 4.70. The lowest BCUT2D eigenvalue weighted by atomic mass is 10.1. The molecule has 0 atom stereocenters. The predicted octanol–water partition coefficient (Wildman–Crippen LogP) is 6.66. The van der Waals surface area contributed by atoms with Gasteiger partial charge < -0.3 is 5.32 Å². The van der Waals surface area contributed by atoms with Crippen molar-refractivity contribution in [1.82, 2.24) is 15.2 Å². The molecule has 0 aliphatic carbocycles. The largest absolute Gasteiger partial charge is 0.435 e. The highest BCUT2D eigenvalue weighted by Gasteiger charge is 2.40. The summed E-state index contributed by atoms with van der Waals surface area (Å²) in [7, 11) is 0. The number of nitrogens with one attached hydrogen (secondary N) is 1. The molecule has 36 heavy (non-hydrogen) atoms. The van der Waals surface area contributed by atoms with Gasteiger partial charge in [-0.05, 0) is 36.7 Å². The Bertz CT molecular complexity index is 1190. The minimum absolute atomic E-state index is 0.0232. The van der Waals surface area contributed by atoms with Gasteiger partial charge in [-0.3, -0.25) is 9.69 Å². The maximum atomic E-state index is 13.8. The lowest BCUT2D eigenvalue weighted by Gasteiger charge is -2.19. The molecule has 0 saturated heterocycles. The van der Waals surface area contributed by atoms with E-state index >= 15 is 0 Å². The first-order valence-corrected chi connectivity index (χ1v) is 12.1. The van der Waals surface area contributed by atoms with Crippen LogP contribution in [-0.4, -0.2) is 35.4 Å². The zero-order valence-electron chi connectivity index (χ0n) is 19.6. The predicted molar refractivity (Wildman–Crippen MR) is 127 cm³/mol. The molecule has 4 nitrogen and oxygen atoms in total. The van der Waals surface area contributed by atoms with Crippen molar-refractivity contribution < 1.29 is 31.1 Å². The Balaban J connectivity index is 1.83. The van der Waals surface area contributed by atoms with Crippen LogP contribution in [-0.2, 0) is 25.3 Å². The van der Waals surface area contributed by atoms with Gasteiger partial charge in [-0.1, -0.05) is 56.3 Å². The molecule has 3 rings (SSSR count). The number of carbonyl (C=O) groups excluding carboxylic acids is 1. The van der Waals surface area contributed by atoms with Crippen LogP contribution in [0.15, 0.2) is 48.5 Å². The van der Waals surface area contributed by atoms with Crippen molar-refractivity contribution in [3.8, 4) is 10.6 Å². The van der Waals surface area contributed by atoms with E-state index in [4.69, 9.17) is 0 Å². The summed E-state index contributed by atoms with van der Waals surface area (Å²) in [5.74, 6) is -0.973. The van der Waals surface area contributed by atoms with E-state index in [1.165, 1.54) is 12.1 Å². The molecule has 194 valence electrons. The monoisotopic (exact) mass is 529 g/mol. The van der Waals surface area contributed by atoms with Crippen molar-refractivity contribution in [2.24, 2.45) is 0 Å². The van der Waals surface area contributed by atoms with Gasteiger partial charge in [0.25, 0.3) is 5.91 Å². The van der Waals surface area contributed by atoms with Gasteiger partial charge >= 0.3 is 12.4 Å². The number of halogens is 6. The van der Waals surface area contributed by atoms with Gasteiger partial charge in [0, 0.05) is 18.7 Å².